The molecule has 1 saturated heterocycles. The Labute approximate surface area is 145 Å². The molecule has 1 aromatic carbocycles. The van der Waals surface area contributed by atoms with Gasteiger partial charge in [-0.3, -0.25) is 4.79 Å². The van der Waals surface area contributed by atoms with Crippen molar-refractivity contribution in [3.63, 3.8) is 0 Å². The second kappa shape index (κ2) is 9.30. The zero-order chi connectivity index (χ0) is 17.4. The van der Waals surface area contributed by atoms with Crippen molar-refractivity contribution in [2.24, 2.45) is 0 Å². The number of carbonyl (C=O) groups excluding carboxylic acids is 2. The zero-order valence-corrected chi connectivity index (χ0v) is 14.8. The van der Waals surface area contributed by atoms with Crippen LogP contribution in [0, 0.1) is 0 Å². The van der Waals surface area contributed by atoms with E-state index < -0.39 is 0 Å². The fourth-order valence-electron chi connectivity index (χ4n) is 2.98. The number of hydrogen-bond acceptors (Lipinski definition) is 2. The quantitative estimate of drug-likeness (QED) is 0.863. The van der Waals surface area contributed by atoms with Crippen molar-refractivity contribution in [2.75, 3.05) is 25.0 Å². The first-order valence-electron chi connectivity index (χ1n) is 9.02. The number of rotatable bonds is 6. The molecule has 5 heteroatoms. The molecule has 1 aliphatic heterocycles. The number of piperidine rings is 1. The Kier molecular flexibility index (Phi) is 7.09. The molecule has 24 heavy (non-hydrogen) atoms. The standard InChI is InChI=1S/C19H29N3O2/c1-3-16(2)22(19(24)20-17-10-6-4-7-11-17)15-12-18(23)21-13-8-5-9-14-21/h4,6-7,10-11,16H,3,5,8-9,12-15H2,1-2H3,(H,20,24). The van der Waals surface area contributed by atoms with Gasteiger partial charge in [0, 0.05) is 37.8 Å². The molecule has 132 valence electrons. The van der Waals surface area contributed by atoms with Crippen molar-refractivity contribution in [1.29, 1.82) is 0 Å². The van der Waals surface area contributed by atoms with E-state index in [-0.39, 0.29) is 18.0 Å². The highest BCUT2D eigenvalue weighted by Gasteiger charge is 2.22. The Balaban J connectivity index is 1.92. The van der Waals surface area contributed by atoms with E-state index in [1.165, 1.54) is 6.42 Å². The Morgan fingerprint density at radius 2 is 1.83 bits per heavy atom. The molecule has 1 atom stereocenters. The first kappa shape index (κ1) is 18.3. The third-order valence-corrected chi connectivity index (χ3v) is 4.68. The van der Waals surface area contributed by atoms with Gasteiger partial charge in [0.25, 0.3) is 0 Å². The third-order valence-electron chi connectivity index (χ3n) is 4.68. The summed E-state index contributed by atoms with van der Waals surface area (Å²) < 4.78 is 0. The summed E-state index contributed by atoms with van der Waals surface area (Å²) in [5.41, 5.74) is 0.776. The highest BCUT2D eigenvalue weighted by molar-refractivity contribution is 5.89. The van der Waals surface area contributed by atoms with Crippen molar-refractivity contribution in [3.05, 3.63) is 30.3 Å². The molecule has 2 rings (SSSR count). The van der Waals surface area contributed by atoms with E-state index in [0.29, 0.717) is 13.0 Å². The molecule has 1 unspecified atom stereocenters. The molecule has 0 saturated carbocycles. The maximum atomic E-state index is 12.6. The van der Waals surface area contributed by atoms with E-state index >= 15 is 0 Å². The number of urea groups is 1. The summed E-state index contributed by atoms with van der Waals surface area (Å²) in [4.78, 5) is 28.7. The van der Waals surface area contributed by atoms with Crippen LogP contribution < -0.4 is 5.32 Å². The second-order valence-electron chi connectivity index (χ2n) is 6.44. The molecule has 1 fully saturated rings. The molecule has 1 aliphatic rings. The third kappa shape index (κ3) is 5.25. The number of hydrogen-bond donors (Lipinski definition) is 1. The first-order valence-corrected chi connectivity index (χ1v) is 9.02. The Bertz CT molecular complexity index is 527. The monoisotopic (exact) mass is 331 g/mol. The van der Waals surface area contributed by atoms with Crippen LogP contribution in [0.3, 0.4) is 0 Å². The van der Waals surface area contributed by atoms with Gasteiger partial charge in [-0.25, -0.2) is 4.79 Å². The summed E-state index contributed by atoms with van der Waals surface area (Å²) in [6.07, 6.45) is 4.65. The topological polar surface area (TPSA) is 52.7 Å². The highest BCUT2D eigenvalue weighted by Crippen LogP contribution is 2.13. The highest BCUT2D eigenvalue weighted by atomic mass is 16.2. The summed E-state index contributed by atoms with van der Waals surface area (Å²) in [5.74, 6) is 0.163. The molecule has 1 N–H and O–H groups in total. The number of amides is 3. The SMILES string of the molecule is CCC(C)N(CCC(=O)N1CCCCC1)C(=O)Nc1ccccc1. The molecular weight excluding hydrogens is 302 g/mol. The minimum atomic E-state index is -0.137. The van der Waals surface area contributed by atoms with E-state index in [2.05, 4.69) is 12.2 Å². The normalized spacial score (nSPS) is 15.7. The van der Waals surface area contributed by atoms with Gasteiger partial charge in [-0.05, 0) is 44.7 Å². The van der Waals surface area contributed by atoms with E-state index in [9.17, 15) is 9.59 Å². The van der Waals surface area contributed by atoms with Crippen LogP contribution in [-0.4, -0.2) is 47.4 Å². The molecule has 0 aliphatic carbocycles. The summed E-state index contributed by atoms with van der Waals surface area (Å²) in [6, 6.07) is 9.40. The van der Waals surface area contributed by atoms with Gasteiger partial charge in [0.2, 0.25) is 5.91 Å². The molecule has 5 nitrogen and oxygen atoms in total. The van der Waals surface area contributed by atoms with Crippen LogP contribution >= 0.6 is 0 Å². The lowest BCUT2D eigenvalue weighted by Gasteiger charge is -2.31. The molecule has 0 aromatic heterocycles. The molecule has 3 amide bonds. The van der Waals surface area contributed by atoms with Gasteiger partial charge in [0.15, 0.2) is 0 Å². The van der Waals surface area contributed by atoms with Gasteiger partial charge < -0.3 is 15.1 Å². The average molecular weight is 331 g/mol. The van der Waals surface area contributed by atoms with E-state index in [4.69, 9.17) is 0 Å². The van der Waals surface area contributed by atoms with E-state index in [1.807, 2.05) is 42.2 Å². The van der Waals surface area contributed by atoms with Gasteiger partial charge in [-0.1, -0.05) is 25.1 Å². The number of anilines is 1. The first-order chi connectivity index (χ1) is 11.6. The fourth-order valence-corrected chi connectivity index (χ4v) is 2.98. The minimum absolute atomic E-state index is 0.0999. The summed E-state index contributed by atoms with van der Waals surface area (Å²) >= 11 is 0. The smallest absolute Gasteiger partial charge is 0.322 e. The Morgan fingerprint density at radius 3 is 2.46 bits per heavy atom. The van der Waals surface area contributed by atoms with Gasteiger partial charge >= 0.3 is 6.03 Å². The largest absolute Gasteiger partial charge is 0.343 e. The number of nitrogens with zero attached hydrogens (tertiary/aromatic N) is 2. The zero-order valence-electron chi connectivity index (χ0n) is 14.8. The summed E-state index contributed by atoms with van der Waals surface area (Å²) in [5, 5.41) is 2.92. The van der Waals surface area contributed by atoms with Gasteiger partial charge in [0.05, 0.1) is 0 Å². The van der Waals surface area contributed by atoms with E-state index in [1.54, 1.807) is 4.90 Å². The van der Waals surface area contributed by atoms with Crippen LogP contribution in [0.15, 0.2) is 30.3 Å². The van der Waals surface area contributed by atoms with Crippen LogP contribution in [-0.2, 0) is 4.79 Å². The van der Waals surface area contributed by atoms with Crippen molar-refractivity contribution in [3.8, 4) is 0 Å². The van der Waals surface area contributed by atoms with Crippen molar-refractivity contribution < 1.29 is 9.59 Å². The lowest BCUT2D eigenvalue weighted by molar-refractivity contribution is -0.132. The number of benzene rings is 1. The van der Waals surface area contributed by atoms with Gasteiger partial charge in [0.1, 0.15) is 0 Å². The maximum absolute atomic E-state index is 12.6. The minimum Gasteiger partial charge on any atom is -0.343 e. The molecule has 1 aromatic rings. The van der Waals surface area contributed by atoms with Gasteiger partial charge in [-0.2, -0.15) is 0 Å². The van der Waals surface area contributed by atoms with Crippen molar-refractivity contribution >= 4 is 17.6 Å². The summed E-state index contributed by atoms with van der Waals surface area (Å²) in [6.45, 7) is 6.26. The lowest BCUT2D eigenvalue weighted by Crippen LogP contribution is -2.44. The van der Waals surface area contributed by atoms with Crippen LogP contribution in [0.5, 0.6) is 0 Å². The maximum Gasteiger partial charge on any atom is 0.322 e. The molecule has 1 heterocycles. The lowest BCUT2D eigenvalue weighted by atomic mass is 10.1. The van der Waals surface area contributed by atoms with Gasteiger partial charge in [-0.15, -0.1) is 0 Å². The number of carbonyl (C=O) groups is 2. The predicted octanol–water partition coefficient (Wildman–Crippen LogP) is 3.72. The number of nitrogens with one attached hydrogen (secondary N) is 1. The van der Waals surface area contributed by atoms with Crippen LogP contribution in [0.4, 0.5) is 10.5 Å². The predicted molar refractivity (Wildman–Crippen MR) is 97.0 cm³/mol. The van der Waals surface area contributed by atoms with Crippen molar-refractivity contribution in [1.82, 2.24) is 9.80 Å². The molecule has 0 radical (unpaired) electrons. The molecule has 0 bridgehead atoms. The molecular formula is C19H29N3O2. The van der Waals surface area contributed by atoms with Crippen LogP contribution in [0.25, 0.3) is 0 Å². The van der Waals surface area contributed by atoms with Crippen molar-refractivity contribution in [2.45, 2.75) is 52.0 Å². The summed E-state index contributed by atoms with van der Waals surface area (Å²) in [7, 11) is 0. The van der Waals surface area contributed by atoms with E-state index in [0.717, 1.165) is 38.0 Å². The van der Waals surface area contributed by atoms with Crippen LogP contribution in [0.1, 0.15) is 46.0 Å². The number of para-hydroxylation sites is 1. The average Bonchev–Trinajstić information content (AvgIpc) is 2.63. The number of likely N-dealkylation sites (tertiary alicyclic amines) is 1. The van der Waals surface area contributed by atoms with Crippen LogP contribution in [0.2, 0.25) is 0 Å². The Morgan fingerprint density at radius 1 is 1.17 bits per heavy atom. The molecule has 0 spiro atoms. The second-order valence-corrected chi connectivity index (χ2v) is 6.44. The Hall–Kier alpha value is -2.04. The fraction of sp³-hybridized carbons (Fsp3) is 0.579.